The maximum atomic E-state index is 12.6. The molecule has 0 spiro atoms. The molecule has 29 heavy (non-hydrogen) atoms. The molecule has 2 heterocycles. The number of amides is 1. The fraction of sp³-hybridized carbons (Fsp3) is 0.190. The Morgan fingerprint density at radius 3 is 2.66 bits per heavy atom. The Morgan fingerprint density at radius 1 is 1.24 bits per heavy atom. The van der Waals surface area contributed by atoms with E-state index in [1.165, 1.54) is 7.62 Å². The van der Waals surface area contributed by atoms with Crippen LogP contribution in [0.3, 0.4) is 0 Å². The van der Waals surface area contributed by atoms with Gasteiger partial charge in [0, 0.05) is 30.0 Å². The normalized spacial score (nSPS) is 13.7. The van der Waals surface area contributed by atoms with Crippen molar-refractivity contribution in [3.63, 3.8) is 0 Å². The summed E-state index contributed by atoms with van der Waals surface area (Å²) < 4.78 is 4.28. The van der Waals surface area contributed by atoms with Gasteiger partial charge >= 0.3 is 13.6 Å². The van der Waals surface area contributed by atoms with Gasteiger partial charge in [0.05, 0.1) is 12.5 Å². The molecule has 4 N–H and O–H groups in total. The first-order valence-electron chi connectivity index (χ1n) is 9.22. The van der Waals surface area contributed by atoms with Crippen LogP contribution in [0, 0.1) is 6.92 Å². The first-order chi connectivity index (χ1) is 14.1. The van der Waals surface area contributed by atoms with Gasteiger partial charge < -0.3 is 20.9 Å². The standard InChI is InChI=1S/C19H19N3O.C2H3BNO2/c1-13-2-4-14(5-3-13)18(11-20)19(23)22-17-7-6-16-12-21-9-8-15(16)10-17;5-2-1-4-3-6-2/h2-10,12,18H,11,20H2,1H3,(H,22,23);4H,1H2. The highest BCUT2D eigenvalue weighted by Gasteiger charge is 2.19. The zero-order valence-corrected chi connectivity index (χ0v) is 16.1. The van der Waals surface area contributed by atoms with Gasteiger partial charge in [0.15, 0.2) is 0 Å². The van der Waals surface area contributed by atoms with E-state index in [9.17, 15) is 9.59 Å². The van der Waals surface area contributed by atoms with Crippen molar-refractivity contribution in [2.75, 3.05) is 18.4 Å². The van der Waals surface area contributed by atoms with Crippen LogP contribution in [0.25, 0.3) is 10.8 Å². The van der Waals surface area contributed by atoms with E-state index in [1.54, 1.807) is 12.4 Å². The molecular formula is C21H22BN4O3. The van der Waals surface area contributed by atoms with Crippen LogP contribution in [-0.2, 0) is 14.2 Å². The average molecular weight is 389 g/mol. The van der Waals surface area contributed by atoms with E-state index in [4.69, 9.17) is 5.73 Å². The minimum atomic E-state index is -0.358. The van der Waals surface area contributed by atoms with E-state index in [0.717, 1.165) is 27.6 Å². The topological polar surface area (TPSA) is 106 Å². The Balaban J connectivity index is 0.000000343. The molecule has 2 aromatic carbocycles. The summed E-state index contributed by atoms with van der Waals surface area (Å²) in [6.45, 7) is 2.61. The Kier molecular flexibility index (Phi) is 6.94. The molecule has 3 aromatic rings. The number of nitrogens with two attached hydrogens (primary N) is 1. The maximum Gasteiger partial charge on any atom is 0.479 e. The molecule has 4 rings (SSSR count). The first-order valence-corrected chi connectivity index (χ1v) is 9.22. The van der Waals surface area contributed by atoms with Gasteiger partial charge in [-0.1, -0.05) is 35.9 Å². The second-order valence-electron chi connectivity index (χ2n) is 6.61. The molecule has 1 saturated heterocycles. The first kappa shape index (κ1) is 20.5. The van der Waals surface area contributed by atoms with Crippen LogP contribution >= 0.6 is 0 Å². The van der Waals surface area contributed by atoms with Crippen LogP contribution in [0.5, 0.6) is 0 Å². The lowest BCUT2D eigenvalue weighted by Gasteiger charge is -2.16. The number of carbonyl (C=O) groups excluding carboxylic acids is 2. The third-order valence-corrected chi connectivity index (χ3v) is 4.46. The van der Waals surface area contributed by atoms with Gasteiger partial charge in [0.1, 0.15) is 0 Å². The number of aryl methyl sites for hydroxylation is 1. The molecule has 1 aromatic heterocycles. The van der Waals surface area contributed by atoms with Gasteiger partial charge in [-0.3, -0.25) is 14.6 Å². The summed E-state index contributed by atoms with van der Waals surface area (Å²) in [4.78, 5) is 26.6. The molecule has 0 bridgehead atoms. The van der Waals surface area contributed by atoms with E-state index in [2.05, 4.69) is 20.2 Å². The second kappa shape index (κ2) is 9.81. The van der Waals surface area contributed by atoms with Crippen LogP contribution in [0.4, 0.5) is 5.69 Å². The fourth-order valence-corrected chi connectivity index (χ4v) is 2.86. The number of pyridine rings is 1. The third-order valence-electron chi connectivity index (χ3n) is 4.46. The summed E-state index contributed by atoms with van der Waals surface area (Å²) in [5.74, 6) is -0.663. The molecule has 1 radical (unpaired) electrons. The van der Waals surface area contributed by atoms with Gasteiger partial charge in [0.2, 0.25) is 5.91 Å². The summed E-state index contributed by atoms with van der Waals surface area (Å²) in [6.07, 6.45) is 3.54. The van der Waals surface area contributed by atoms with Gasteiger partial charge in [-0.15, -0.1) is 0 Å². The lowest BCUT2D eigenvalue weighted by atomic mass is 9.97. The van der Waals surface area contributed by atoms with E-state index < -0.39 is 0 Å². The van der Waals surface area contributed by atoms with Crippen LogP contribution in [0.1, 0.15) is 17.0 Å². The largest absolute Gasteiger partial charge is 0.521 e. The van der Waals surface area contributed by atoms with Gasteiger partial charge in [-0.05, 0) is 36.1 Å². The van der Waals surface area contributed by atoms with Crippen LogP contribution in [0.2, 0.25) is 0 Å². The van der Waals surface area contributed by atoms with Crippen LogP contribution < -0.4 is 16.3 Å². The number of rotatable bonds is 4. The predicted molar refractivity (Wildman–Crippen MR) is 113 cm³/mol. The summed E-state index contributed by atoms with van der Waals surface area (Å²) in [5.41, 5.74) is 8.67. The lowest BCUT2D eigenvalue weighted by molar-refractivity contribution is -0.131. The number of fused-ring (bicyclic) bond motifs is 1. The number of carbonyl (C=O) groups is 2. The molecule has 8 heteroatoms. The van der Waals surface area contributed by atoms with Crippen LogP contribution in [0.15, 0.2) is 60.9 Å². The van der Waals surface area contributed by atoms with Crippen molar-refractivity contribution in [1.82, 2.24) is 10.2 Å². The van der Waals surface area contributed by atoms with E-state index in [-0.39, 0.29) is 24.3 Å². The maximum absolute atomic E-state index is 12.6. The summed E-state index contributed by atoms with van der Waals surface area (Å²) in [6, 6.07) is 15.6. The Labute approximate surface area is 170 Å². The zero-order valence-electron chi connectivity index (χ0n) is 16.1. The van der Waals surface area contributed by atoms with Crippen molar-refractivity contribution in [2.24, 2.45) is 5.73 Å². The van der Waals surface area contributed by atoms with Gasteiger partial charge in [-0.25, -0.2) is 0 Å². The Hall–Kier alpha value is -3.23. The zero-order chi connectivity index (χ0) is 20.6. The highest BCUT2D eigenvalue weighted by Crippen LogP contribution is 2.21. The van der Waals surface area contributed by atoms with Gasteiger partial charge in [-0.2, -0.15) is 0 Å². The molecule has 0 aliphatic carbocycles. The monoisotopic (exact) mass is 389 g/mol. The average Bonchev–Trinajstić information content (AvgIpc) is 3.21. The molecule has 0 saturated carbocycles. The fourth-order valence-electron chi connectivity index (χ4n) is 2.86. The molecule has 1 atom stereocenters. The number of benzene rings is 2. The highest BCUT2D eigenvalue weighted by molar-refractivity contribution is 6.30. The van der Waals surface area contributed by atoms with E-state index in [0.29, 0.717) is 6.54 Å². The molecule has 1 aliphatic rings. The predicted octanol–water partition coefficient (Wildman–Crippen LogP) is 1.89. The number of hydrogen-bond donors (Lipinski definition) is 3. The molecule has 1 aliphatic heterocycles. The quantitative estimate of drug-likeness (QED) is 0.589. The molecule has 1 fully saturated rings. The number of aromatic nitrogens is 1. The lowest BCUT2D eigenvalue weighted by Crippen LogP contribution is -2.27. The molecule has 1 unspecified atom stereocenters. The number of hydrogen-bond acceptors (Lipinski definition) is 6. The van der Waals surface area contributed by atoms with Crippen molar-refractivity contribution in [3.8, 4) is 0 Å². The number of nitrogens with one attached hydrogen (secondary N) is 2. The van der Waals surface area contributed by atoms with Gasteiger partial charge in [0.25, 0.3) is 0 Å². The van der Waals surface area contributed by atoms with Crippen molar-refractivity contribution in [2.45, 2.75) is 12.8 Å². The summed E-state index contributed by atoms with van der Waals surface area (Å²) in [5, 5.41) is 7.61. The van der Waals surface area contributed by atoms with E-state index >= 15 is 0 Å². The van der Waals surface area contributed by atoms with E-state index in [1.807, 2.05) is 55.5 Å². The Morgan fingerprint density at radius 2 is 2.03 bits per heavy atom. The SMILES string of the molecule is Cc1ccc(C(CN)C(=O)Nc2ccc3cnccc3c2)cc1.O=C1CN[B]O1. The second-order valence-corrected chi connectivity index (χ2v) is 6.61. The number of anilines is 1. The van der Waals surface area contributed by atoms with Crippen molar-refractivity contribution >= 4 is 36.0 Å². The molecule has 1 amide bonds. The Bertz CT molecular complexity index is 987. The van der Waals surface area contributed by atoms with Crippen molar-refractivity contribution < 1.29 is 14.2 Å². The minimum absolute atomic E-state index is 0.0928. The molecule has 7 nitrogen and oxygen atoms in total. The highest BCUT2D eigenvalue weighted by atomic mass is 16.5. The van der Waals surface area contributed by atoms with Crippen molar-refractivity contribution in [1.29, 1.82) is 0 Å². The van der Waals surface area contributed by atoms with Crippen LogP contribution in [-0.4, -0.2) is 37.6 Å². The minimum Gasteiger partial charge on any atom is -0.521 e. The summed E-state index contributed by atoms with van der Waals surface area (Å²) in [7, 11) is 1.28. The number of nitrogens with zero attached hydrogens (tertiary/aromatic N) is 1. The molecule has 147 valence electrons. The molecular weight excluding hydrogens is 367 g/mol. The smallest absolute Gasteiger partial charge is 0.479 e. The van der Waals surface area contributed by atoms with Crippen molar-refractivity contribution in [3.05, 3.63) is 72.1 Å². The third kappa shape index (κ3) is 5.63. The summed E-state index contributed by atoms with van der Waals surface area (Å²) >= 11 is 0.